The molecule has 0 saturated carbocycles. The van der Waals surface area contributed by atoms with E-state index in [1.165, 1.54) is 10.5 Å². The number of rotatable bonds is 8. The summed E-state index contributed by atoms with van der Waals surface area (Å²) in [5.74, 6) is 3.49. The minimum atomic E-state index is -2.72. The van der Waals surface area contributed by atoms with Gasteiger partial charge in [0, 0.05) is 40.9 Å². The van der Waals surface area contributed by atoms with E-state index in [0.29, 0.717) is 53.6 Å². The van der Waals surface area contributed by atoms with Gasteiger partial charge in [0.1, 0.15) is 17.2 Å². The first kappa shape index (κ1) is 37.5. The first-order valence-electron chi connectivity index (χ1n) is 16.2. The summed E-state index contributed by atoms with van der Waals surface area (Å²) in [7, 11) is -3.75. The number of benzene rings is 2. The molecule has 6 rings (SSSR count). The van der Waals surface area contributed by atoms with Gasteiger partial charge in [-0.2, -0.15) is 0 Å². The predicted molar refractivity (Wildman–Crippen MR) is 196 cm³/mol. The molecule has 4 aliphatic rings. The molecule has 17 heteroatoms. The number of carbonyl (C=O) groups excluding carboxylic acids is 2. The molecular weight excluding hydrogens is 699 g/mol. The normalized spacial score (nSPS) is 32.7. The molecule has 12 nitrogen and oxygen atoms in total. The van der Waals surface area contributed by atoms with Crippen LogP contribution in [0.2, 0.25) is 0 Å². The summed E-state index contributed by atoms with van der Waals surface area (Å²) >= 11 is 4.52. The average Bonchev–Trinajstić information content (AvgIpc) is 3.65. The summed E-state index contributed by atoms with van der Waals surface area (Å²) in [5.41, 5.74) is 9.47. The van der Waals surface area contributed by atoms with Crippen LogP contribution in [0.3, 0.4) is 0 Å². The van der Waals surface area contributed by atoms with Gasteiger partial charge in [-0.3, -0.25) is 20.1 Å². The van der Waals surface area contributed by atoms with Gasteiger partial charge in [0.25, 0.3) is 6.43 Å². The van der Waals surface area contributed by atoms with E-state index in [0.717, 1.165) is 36.9 Å². The third-order valence-corrected chi connectivity index (χ3v) is 13.4. The lowest BCUT2D eigenvalue weighted by atomic mass is 9.93. The van der Waals surface area contributed by atoms with Gasteiger partial charge in [-0.25, -0.2) is 18.4 Å². The van der Waals surface area contributed by atoms with Crippen molar-refractivity contribution in [1.29, 1.82) is 0 Å². The Morgan fingerprint density at radius 1 is 0.796 bits per heavy atom. The van der Waals surface area contributed by atoms with E-state index >= 15 is 0 Å². The van der Waals surface area contributed by atoms with Crippen molar-refractivity contribution in [2.75, 3.05) is 59.0 Å². The Morgan fingerprint density at radius 3 is 1.55 bits per heavy atom. The van der Waals surface area contributed by atoms with E-state index in [4.69, 9.17) is 25.5 Å². The van der Waals surface area contributed by atoms with Crippen LogP contribution in [0.4, 0.5) is 29.7 Å². The smallest absolute Gasteiger partial charge is 0.414 e. The maximum Gasteiger partial charge on any atom is 0.414 e. The second-order valence-electron chi connectivity index (χ2n) is 12.9. The Hall–Kier alpha value is -2.77. The first-order chi connectivity index (χ1) is 23.2. The van der Waals surface area contributed by atoms with Crippen molar-refractivity contribution in [3.05, 3.63) is 59.7 Å². The third-order valence-electron chi connectivity index (χ3n) is 9.34. The number of nitrogens with zero attached hydrogens (tertiary/aromatic N) is 2. The lowest BCUT2D eigenvalue weighted by Crippen LogP contribution is -2.36. The molecule has 0 aliphatic carbocycles. The van der Waals surface area contributed by atoms with Gasteiger partial charge >= 0.3 is 12.2 Å². The van der Waals surface area contributed by atoms with E-state index in [1.54, 1.807) is 4.90 Å². The van der Waals surface area contributed by atoms with Gasteiger partial charge < -0.3 is 29.6 Å². The summed E-state index contributed by atoms with van der Waals surface area (Å²) in [6, 6.07) is 15.7. The SMILES string of the molecule is NC[C@H]1CN(c2ccc(C3CCS(N)(O)CC3)cc2)C(=O)O1.NS1(O)CCC(c2ccc(N3C[C@H](CNC(=S)C(F)F)OC3=O)cc2)CC1. The average molecular weight is 745 g/mol. The molecule has 2 amide bonds. The van der Waals surface area contributed by atoms with Gasteiger partial charge in [-0.15, -0.1) is 0 Å². The Labute approximate surface area is 293 Å². The Bertz CT molecular complexity index is 1450. The van der Waals surface area contributed by atoms with Crippen molar-refractivity contribution >= 4 is 61.8 Å². The zero-order valence-electron chi connectivity index (χ0n) is 27.1. The quantitative estimate of drug-likeness (QED) is 0.194. The molecule has 2 aromatic carbocycles. The van der Waals surface area contributed by atoms with Crippen LogP contribution in [0.25, 0.3) is 0 Å². The largest absolute Gasteiger partial charge is 0.443 e. The zero-order valence-corrected chi connectivity index (χ0v) is 29.6. The fraction of sp³-hybridized carbons (Fsp3) is 0.531. The molecular formula is C32H46F2N6O6S3. The molecule has 4 aliphatic heterocycles. The second-order valence-corrected chi connectivity index (χ2v) is 18.5. The number of cyclic esters (lactones) is 2. The van der Waals surface area contributed by atoms with E-state index in [1.807, 2.05) is 36.4 Å². The molecule has 9 N–H and O–H groups in total. The van der Waals surface area contributed by atoms with Crippen LogP contribution >= 0.6 is 33.2 Å². The van der Waals surface area contributed by atoms with Crippen molar-refractivity contribution < 1.29 is 36.9 Å². The monoisotopic (exact) mass is 744 g/mol. The van der Waals surface area contributed by atoms with E-state index < -0.39 is 44.6 Å². The molecule has 0 unspecified atom stereocenters. The summed E-state index contributed by atoms with van der Waals surface area (Å²) in [6.45, 7) is 1.16. The van der Waals surface area contributed by atoms with E-state index in [9.17, 15) is 27.5 Å². The molecule has 0 aromatic heterocycles. The van der Waals surface area contributed by atoms with Gasteiger partial charge in [-0.1, -0.05) is 57.5 Å². The Kier molecular flexibility index (Phi) is 12.3. The highest BCUT2D eigenvalue weighted by atomic mass is 32.3. The van der Waals surface area contributed by atoms with Crippen LogP contribution in [0.15, 0.2) is 48.5 Å². The lowest BCUT2D eigenvalue weighted by Gasteiger charge is -2.37. The van der Waals surface area contributed by atoms with Crippen LogP contribution in [-0.4, -0.2) is 94.1 Å². The molecule has 0 spiro atoms. The predicted octanol–water partition coefficient (Wildman–Crippen LogP) is 5.22. The molecule has 4 fully saturated rings. The summed E-state index contributed by atoms with van der Waals surface area (Å²) < 4.78 is 55.0. The number of anilines is 2. The second kappa shape index (κ2) is 16.1. The molecule has 0 radical (unpaired) electrons. The minimum Gasteiger partial charge on any atom is -0.443 e. The molecule has 2 atom stereocenters. The number of hydrogen-bond acceptors (Lipinski definition) is 10. The maximum atomic E-state index is 12.4. The molecule has 4 heterocycles. The van der Waals surface area contributed by atoms with Gasteiger partial charge in [-0.05, 0) is 72.9 Å². The topological polar surface area (TPSA) is 190 Å². The van der Waals surface area contributed by atoms with Crippen molar-refractivity contribution in [2.45, 2.75) is 56.2 Å². The Morgan fingerprint density at radius 2 is 1.18 bits per heavy atom. The van der Waals surface area contributed by atoms with Crippen molar-refractivity contribution in [3.63, 3.8) is 0 Å². The van der Waals surface area contributed by atoms with Gasteiger partial charge in [0.05, 0.1) is 19.6 Å². The number of nitrogens with two attached hydrogens (primary N) is 3. The number of nitrogens with one attached hydrogen (secondary N) is 1. The third kappa shape index (κ3) is 9.94. The number of alkyl halides is 2. The number of thiocarbonyl (C=S) groups is 1. The van der Waals surface area contributed by atoms with Crippen LogP contribution in [0.1, 0.15) is 48.6 Å². The first-order valence-corrected chi connectivity index (χ1v) is 20.6. The standard InChI is InChI=1S/C17H23F2N3O3S2.C15H23N3O3S/c18-15(19)16(26)21-9-14-10-22(17(23)25-14)13-3-1-11(2-4-13)12-5-7-27(20,24)8-6-12;16-9-14-10-18(15(19)21-14)13-3-1-11(2-4-13)12-5-7-22(17,20)8-6-12/h1-4,12,14-15,24H,5-10,20H2,(H,21,26);1-4,12,14,20H,5-10,16-17H2/t2*14-/m00/s1. The highest BCUT2D eigenvalue weighted by molar-refractivity contribution is 8.27. The lowest BCUT2D eigenvalue weighted by molar-refractivity contribution is 0.141. The maximum absolute atomic E-state index is 12.4. The summed E-state index contributed by atoms with van der Waals surface area (Å²) in [6.07, 6.45) is -0.794. The van der Waals surface area contributed by atoms with Crippen molar-refractivity contribution in [2.24, 2.45) is 16.0 Å². The van der Waals surface area contributed by atoms with Crippen LogP contribution in [0, 0.1) is 0 Å². The van der Waals surface area contributed by atoms with Crippen molar-refractivity contribution in [1.82, 2.24) is 5.32 Å². The number of hydrogen-bond donors (Lipinski definition) is 6. The highest BCUT2D eigenvalue weighted by Crippen LogP contribution is 2.46. The molecule has 0 bridgehead atoms. The molecule has 2 aromatic rings. The van der Waals surface area contributed by atoms with Gasteiger partial charge in [0.15, 0.2) is 0 Å². The van der Waals surface area contributed by atoms with E-state index in [2.05, 4.69) is 29.7 Å². The summed E-state index contributed by atoms with van der Waals surface area (Å²) in [4.78, 5) is 26.4. The zero-order chi connectivity index (χ0) is 35.3. The van der Waals surface area contributed by atoms with Crippen LogP contribution in [0.5, 0.6) is 0 Å². The highest BCUT2D eigenvalue weighted by Gasteiger charge is 2.34. The molecule has 4 saturated heterocycles. The number of carbonyl (C=O) groups is 2. The Balaban J connectivity index is 0.000000195. The van der Waals surface area contributed by atoms with Crippen LogP contribution < -0.4 is 31.1 Å². The fourth-order valence-corrected chi connectivity index (χ4v) is 9.65. The number of amides is 2. The minimum absolute atomic E-state index is 0.0515. The van der Waals surface area contributed by atoms with Gasteiger partial charge in [0.2, 0.25) is 0 Å². The number of halogens is 2. The number of ether oxygens (including phenoxy) is 2. The van der Waals surface area contributed by atoms with E-state index in [-0.39, 0.29) is 25.3 Å². The van der Waals surface area contributed by atoms with Crippen LogP contribution in [-0.2, 0) is 9.47 Å². The fourth-order valence-electron chi connectivity index (χ4n) is 6.38. The molecule has 49 heavy (non-hydrogen) atoms. The summed E-state index contributed by atoms with van der Waals surface area (Å²) in [5, 5.41) is 14.1. The van der Waals surface area contributed by atoms with Crippen molar-refractivity contribution in [3.8, 4) is 0 Å². The molecule has 272 valence electrons.